The third-order valence-electron chi connectivity index (χ3n) is 11.3. The Morgan fingerprint density at radius 3 is 1.73 bits per heavy atom. The van der Waals surface area contributed by atoms with Crippen molar-refractivity contribution in [3.63, 3.8) is 0 Å². The van der Waals surface area contributed by atoms with Gasteiger partial charge in [-0.25, -0.2) is 15.8 Å². The van der Waals surface area contributed by atoms with Gasteiger partial charge in [0.1, 0.15) is 45.5 Å². The number of imidazole rings is 1. The minimum Gasteiger partial charge on any atom is -0.370 e. The topological polar surface area (TPSA) is 449 Å². The first-order chi connectivity index (χ1) is 38.0. The summed E-state index contributed by atoms with van der Waals surface area (Å²) >= 11 is 8.02. The molecule has 78 heavy (non-hydrogen) atoms. The number of benzene rings is 2. The number of aliphatic imine (C=N–C) groups is 2. The fraction of sp³-hybridized carbons (Fsp3) is 0.429. The molecule has 20 N–H and O–H groups in total. The van der Waals surface area contributed by atoms with Crippen LogP contribution in [0.2, 0.25) is 0 Å². The number of guanidine groups is 2. The summed E-state index contributed by atoms with van der Waals surface area (Å²) in [5, 5.41) is 16.4. The largest absolute Gasteiger partial charge is 0.370 e. The summed E-state index contributed by atoms with van der Waals surface area (Å²) in [6.45, 7) is 3.21. The molecule has 4 aromatic rings. The summed E-state index contributed by atoms with van der Waals surface area (Å²) in [4.78, 5) is 131. The van der Waals surface area contributed by atoms with E-state index in [9.17, 15) is 43.2 Å². The van der Waals surface area contributed by atoms with E-state index >= 15 is 0 Å². The molecule has 0 aliphatic heterocycles. The van der Waals surface area contributed by atoms with Crippen molar-refractivity contribution in [3.8, 4) is 0 Å². The van der Waals surface area contributed by atoms with Gasteiger partial charge in [-0.3, -0.25) is 43.5 Å². The average Bonchev–Trinajstić information content (AvgIpc) is 4.14. The van der Waals surface area contributed by atoms with Crippen LogP contribution in [0, 0.1) is 0 Å². The van der Waals surface area contributed by atoms with Crippen LogP contribution in [0.4, 0.5) is 0 Å². The second kappa shape index (κ2) is 34.6. The standard InChI is InChI=1S/C38H51N13O6S.C11H21N5O3S/c1-22(50-51-26(19-52)16-25-18-42-21-45-25)34(54)47-30(14-23-8-3-2-4-9-23)36(56)46-29(12-7-13-43-38(40)41)35(55)48-31(37(57)49-32(20-58)33(39)53)15-24-17-44-28-11-6-5-10-27(24)28;1-7(18)15-9(3-2-4-14-11(12)13)10(19)16-8(5-17)6-20/h2-6,8-11,17-19,21-22,26,29-32,44,50-51,58H,7,12-16,20H2,1H3,(H2,39,53)(H,42,45)(H,46,56)(H,47,54)(H,48,55)(H,49,57)(H4,40,41,43);5,8-9,20H,2-4,6H2,1H3,(H,15,18)(H,16,19)(H4,12,13,14)/t22-,26-,29-,30?,31?,32-;8-,9+/m01/s1/i19D;5D. The van der Waals surface area contributed by atoms with Crippen LogP contribution in [0.3, 0.4) is 0 Å². The van der Waals surface area contributed by atoms with E-state index in [0.717, 1.165) is 10.9 Å². The number of thiol groups is 2. The van der Waals surface area contributed by atoms with Crippen LogP contribution < -0.4 is 71.4 Å². The number of carbonyl (C=O) groups excluding carboxylic acids is 9. The smallest absolute Gasteiger partial charge is 0.243 e. The number of fused-ring (bicyclic) bond motifs is 1. The Bertz CT molecular complexity index is 2750. The number of aromatic nitrogens is 3. The van der Waals surface area contributed by atoms with Crippen LogP contribution in [0.15, 0.2) is 83.3 Å². The second-order valence-electron chi connectivity index (χ2n) is 17.6. The highest BCUT2D eigenvalue weighted by atomic mass is 32.1. The lowest BCUT2D eigenvalue weighted by atomic mass is 10.0. The Kier molecular flexibility index (Phi) is 27.0. The number of nitrogens with one attached hydrogen (secondary N) is 10. The lowest BCUT2D eigenvalue weighted by Crippen LogP contribution is -2.60. The van der Waals surface area contributed by atoms with E-state index < -0.39 is 96.3 Å². The lowest BCUT2D eigenvalue weighted by Gasteiger charge is -2.27. The number of primary amides is 1. The van der Waals surface area contributed by atoms with Crippen molar-refractivity contribution in [1.82, 2.24) is 57.7 Å². The molecule has 8 atom stereocenters. The number of amides is 7. The monoisotopic (exact) mass is 1120 g/mol. The Balaban J connectivity index is 0.000000675. The van der Waals surface area contributed by atoms with Crippen molar-refractivity contribution in [2.75, 3.05) is 24.6 Å². The van der Waals surface area contributed by atoms with Gasteiger partial charge < -0.3 is 80.1 Å². The Labute approximate surface area is 464 Å². The van der Waals surface area contributed by atoms with Crippen LogP contribution in [-0.2, 0) is 62.4 Å². The predicted octanol–water partition coefficient (Wildman–Crippen LogP) is -3.46. The molecular weight excluding hydrogens is 1050 g/mol. The maximum Gasteiger partial charge on any atom is 0.243 e. The first-order valence-corrected chi connectivity index (χ1v) is 25.8. The summed E-state index contributed by atoms with van der Waals surface area (Å²) in [6, 6.07) is 7.57. The molecule has 27 nitrogen and oxygen atoms in total. The lowest BCUT2D eigenvalue weighted by molar-refractivity contribution is -0.134. The molecule has 0 aliphatic carbocycles. The van der Waals surface area contributed by atoms with E-state index in [4.69, 9.17) is 31.4 Å². The molecule has 0 saturated carbocycles. The van der Waals surface area contributed by atoms with Gasteiger partial charge in [-0.1, -0.05) is 48.5 Å². The number of nitrogens with zero attached hydrogens (tertiary/aromatic N) is 3. The van der Waals surface area contributed by atoms with Gasteiger partial charge >= 0.3 is 0 Å². The van der Waals surface area contributed by atoms with Gasteiger partial charge in [-0.15, -0.1) is 0 Å². The molecule has 2 unspecified atom stereocenters. The number of aromatic amines is 2. The van der Waals surface area contributed by atoms with Crippen LogP contribution in [-0.4, -0.2) is 154 Å². The average molecular weight is 1120 g/mol. The van der Waals surface area contributed by atoms with Crippen molar-refractivity contribution in [2.45, 2.75) is 107 Å². The first kappa shape index (κ1) is 60.8. The van der Waals surface area contributed by atoms with Crippen molar-refractivity contribution < 1.29 is 45.9 Å². The highest BCUT2D eigenvalue weighted by Crippen LogP contribution is 2.20. The summed E-state index contributed by atoms with van der Waals surface area (Å²) < 4.78 is 14.6. The van der Waals surface area contributed by atoms with Gasteiger partial charge in [0.2, 0.25) is 41.4 Å². The van der Waals surface area contributed by atoms with Crippen LogP contribution in [0.25, 0.3) is 10.9 Å². The normalized spacial score (nSPS) is 14.2. The molecule has 0 aliphatic rings. The Morgan fingerprint density at radius 2 is 1.18 bits per heavy atom. The Morgan fingerprint density at radius 1 is 0.641 bits per heavy atom. The molecule has 0 bridgehead atoms. The molecule has 7 amide bonds. The zero-order chi connectivity index (χ0) is 59.3. The minimum absolute atomic E-state index is 0.00547. The van der Waals surface area contributed by atoms with E-state index in [1.165, 1.54) is 26.4 Å². The van der Waals surface area contributed by atoms with Crippen LogP contribution >= 0.6 is 25.3 Å². The molecular formula is C49H72N18O9S2. The SMILES string of the molecule is [2H]C(=O)[C@H](CS)NC(=O)[C@H](CCCN=C(N)N)NC(C)=O.[2H]C(=O)[C@H](Cc1cnc[nH]1)NN[C@@H](C)C(=O)NC(Cc1ccccc1)C(=O)N[C@@H](CCCN=C(N)N)C(=O)NC(Cc1c[nH]c2ccccc12)C(=O)N[C@@H](CS)C(N)=O. The van der Waals surface area contributed by atoms with Crippen LogP contribution in [0.1, 0.15) is 59.1 Å². The molecule has 2 aromatic carbocycles. The van der Waals surface area contributed by atoms with E-state index in [1.807, 2.05) is 24.3 Å². The molecule has 29 heteroatoms. The highest BCUT2D eigenvalue weighted by molar-refractivity contribution is 7.80. The number of aldehydes is 2. The number of H-pyrrole nitrogens is 2. The number of nitrogens with two attached hydrogens (primary N) is 5. The molecule has 424 valence electrons. The zero-order valence-electron chi connectivity index (χ0n) is 45.1. The number of hydrogen-bond acceptors (Lipinski definition) is 16. The van der Waals surface area contributed by atoms with Crippen LogP contribution in [0.5, 0.6) is 0 Å². The molecule has 0 radical (unpaired) electrons. The van der Waals surface area contributed by atoms with E-state index in [1.54, 1.807) is 36.5 Å². The van der Waals surface area contributed by atoms with E-state index in [0.29, 0.717) is 36.2 Å². The van der Waals surface area contributed by atoms with Crippen molar-refractivity contribution in [2.24, 2.45) is 38.7 Å². The molecule has 4 rings (SSSR count). The van der Waals surface area contributed by atoms with Crippen molar-refractivity contribution in [3.05, 3.63) is 90.1 Å². The summed E-state index contributed by atoms with van der Waals surface area (Å²) in [6.07, 6.45) is 3.92. The van der Waals surface area contributed by atoms with Crippen molar-refractivity contribution >= 4 is 102 Å². The van der Waals surface area contributed by atoms with Gasteiger partial charge in [0, 0.05) is 79.8 Å². The number of hydrazine groups is 1. The third kappa shape index (κ3) is 23.5. The molecule has 0 saturated heterocycles. The van der Waals surface area contributed by atoms with E-state index in [-0.39, 0.29) is 68.0 Å². The maximum absolute atomic E-state index is 14.2. The molecule has 2 aromatic heterocycles. The third-order valence-corrected chi connectivity index (χ3v) is 12.1. The van der Waals surface area contributed by atoms with Crippen molar-refractivity contribution in [1.29, 1.82) is 0 Å². The van der Waals surface area contributed by atoms with Gasteiger partial charge in [-0.05, 0) is 49.8 Å². The minimum atomic E-state index is -1.26. The predicted molar refractivity (Wildman–Crippen MR) is 300 cm³/mol. The van der Waals surface area contributed by atoms with Gasteiger partial charge in [0.15, 0.2) is 11.9 Å². The summed E-state index contributed by atoms with van der Waals surface area (Å²) in [5.74, 6) is -4.85. The number of carbonyl (C=O) groups is 9. The molecule has 2 heterocycles. The first-order valence-electron chi connectivity index (χ1n) is 25.5. The van der Waals surface area contributed by atoms with Gasteiger partial charge in [-0.2, -0.15) is 25.3 Å². The Hall–Kier alpha value is -8.02. The number of hydrogen-bond donors (Lipinski definition) is 17. The highest BCUT2D eigenvalue weighted by Gasteiger charge is 2.32. The fourth-order valence-corrected chi connectivity index (χ4v) is 7.75. The fourth-order valence-electron chi connectivity index (χ4n) is 7.31. The molecule has 0 spiro atoms. The number of para-hydroxylation sites is 1. The second-order valence-corrected chi connectivity index (χ2v) is 18.3. The summed E-state index contributed by atoms with van der Waals surface area (Å²) in [5.41, 5.74) is 35.1. The molecule has 0 fully saturated rings. The zero-order valence-corrected chi connectivity index (χ0v) is 44.9. The van der Waals surface area contributed by atoms with E-state index in [2.05, 4.69) is 92.9 Å². The van der Waals surface area contributed by atoms with Gasteiger partial charge in [0.25, 0.3) is 0 Å². The van der Waals surface area contributed by atoms with Gasteiger partial charge in [0.05, 0.1) is 24.5 Å². The maximum atomic E-state index is 14.2. The number of rotatable bonds is 33. The quantitative estimate of drug-likeness (QED) is 0.00551. The summed E-state index contributed by atoms with van der Waals surface area (Å²) in [7, 11) is 0.